The van der Waals surface area contributed by atoms with E-state index in [0.717, 1.165) is 45.6 Å². The zero-order valence-corrected chi connectivity index (χ0v) is 13.1. The second-order valence-corrected chi connectivity index (χ2v) is 6.43. The largest absolute Gasteiger partial charge is 0.368 e. The summed E-state index contributed by atoms with van der Waals surface area (Å²) in [6, 6.07) is 8.48. The summed E-state index contributed by atoms with van der Waals surface area (Å²) in [5, 5.41) is 3.38. The third-order valence-corrected chi connectivity index (χ3v) is 4.86. The number of nitrogens with zero attached hydrogens (tertiary/aromatic N) is 2. The van der Waals surface area contributed by atoms with Gasteiger partial charge in [-0.2, -0.15) is 0 Å². The lowest BCUT2D eigenvalue weighted by Gasteiger charge is -2.40. The van der Waals surface area contributed by atoms with Gasteiger partial charge in [0.2, 0.25) is 5.91 Å². The van der Waals surface area contributed by atoms with E-state index in [1.165, 1.54) is 11.3 Å². The molecule has 3 rings (SSSR count). The molecule has 0 radical (unpaired) electrons. The molecule has 1 atom stereocenters. The van der Waals surface area contributed by atoms with E-state index in [1.54, 1.807) is 0 Å². The highest BCUT2D eigenvalue weighted by Crippen LogP contribution is 2.24. The number of nitrogens with one attached hydrogen (secondary N) is 1. The molecule has 2 fully saturated rings. The van der Waals surface area contributed by atoms with Gasteiger partial charge in [-0.25, -0.2) is 0 Å². The number of piperazine rings is 1. The van der Waals surface area contributed by atoms with E-state index in [4.69, 9.17) is 0 Å². The van der Waals surface area contributed by atoms with Crippen LogP contribution in [0, 0.1) is 6.92 Å². The van der Waals surface area contributed by atoms with Gasteiger partial charge >= 0.3 is 0 Å². The summed E-state index contributed by atoms with van der Waals surface area (Å²) in [7, 11) is 0. The first kappa shape index (κ1) is 14.4. The van der Waals surface area contributed by atoms with Gasteiger partial charge in [-0.1, -0.05) is 18.2 Å². The molecule has 1 unspecified atom stereocenters. The first-order valence-electron chi connectivity index (χ1n) is 7.95. The number of amides is 1. The minimum Gasteiger partial charge on any atom is -0.368 e. The Bertz CT molecular complexity index is 515. The van der Waals surface area contributed by atoms with Gasteiger partial charge in [-0.05, 0) is 44.9 Å². The van der Waals surface area contributed by atoms with Crippen molar-refractivity contribution in [3.63, 3.8) is 0 Å². The Morgan fingerprint density at radius 1 is 1.19 bits per heavy atom. The molecule has 2 saturated heterocycles. The van der Waals surface area contributed by atoms with Gasteiger partial charge in [0, 0.05) is 31.9 Å². The summed E-state index contributed by atoms with van der Waals surface area (Å²) >= 11 is 0. The lowest BCUT2D eigenvalue weighted by molar-refractivity contribution is -0.137. The van der Waals surface area contributed by atoms with Crippen LogP contribution in [-0.2, 0) is 4.79 Å². The number of hydrogen-bond acceptors (Lipinski definition) is 3. The minimum atomic E-state index is -0.329. The molecule has 21 heavy (non-hydrogen) atoms. The molecule has 114 valence electrons. The highest BCUT2D eigenvalue weighted by atomic mass is 16.2. The molecule has 0 spiro atoms. The van der Waals surface area contributed by atoms with Crippen molar-refractivity contribution in [1.29, 1.82) is 0 Å². The summed E-state index contributed by atoms with van der Waals surface area (Å²) < 4.78 is 0. The third-order valence-electron chi connectivity index (χ3n) is 4.86. The Kier molecular flexibility index (Phi) is 3.89. The van der Waals surface area contributed by atoms with Gasteiger partial charge in [-0.3, -0.25) is 4.79 Å². The predicted octanol–water partition coefficient (Wildman–Crippen LogP) is 1.79. The average Bonchev–Trinajstić information content (AvgIpc) is 2.95. The van der Waals surface area contributed by atoms with Crippen LogP contribution in [-0.4, -0.2) is 49.1 Å². The normalized spacial score (nSPS) is 26.2. The van der Waals surface area contributed by atoms with E-state index >= 15 is 0 Å². The molecule has 2 heterocycles. The van der Waals surface area contributed by atoms with Crippen LogP contribution in [0.4, 0.5) is 5.69 Å². The van der Waals surface area contributed by atoms with E-state index in [-0.39, 0.29) is 11.4 Å². The molecule has 1 aromatic carbocycles. The summed E-state index contributed by atoms with van der Waals surface area (Å²) in [4.78, 5) is 17.1. The average molecular weight is 287 g/mol. The molecule has 2 aliphatic heterocycles. The van der Waals surface area contributed by atoms with Crippen molar-refractivity contribution < 1.29 is 4.79 Å². The zero-order valence-electron chi connectivity index (χ0n) is 13.1. The first-order valence-corrected chi connectivity index (χ1v) is 7.95. The third kappa shape index (κ3) is 2.77. The highest BCUT2D eigenvalue weighted by Gasteiger charge is 2.39. The van der Waals surface area contributed by atoms with Crippen LogP contribution in [0.15, 0.2) is 24.3 Å². The maximum Gasteiger partial charge on any atom is 0.242 e. The Balaban J connectivity index is 1.63. The maximum atomic E-state index is 12.7. The van der Waals surface area contributed by atoms with E-state index < -0.39 is 0 Å². The Hall–Kier alpha value is -1.55. The van der Waals surface area contributed by atoms with Crippen LogP contribution in [0.5, 0.6) is 0 Å². The molecule has 4 heteroatoms. The van der Waals surface area contributed by atoms with Crippen LogP contribution < -0.4 is 10.2 Å². The van der Waals surface area contributed by atoms with Crippen molar-refractivity contribution >= 4 is 11.6 Å². The minimum absolute atomic E-state index is 0.282. The van der Waals surface area contributed by atoms with Crippen molar-refractivity contribution in [1.82, 2.24) is 10.2 Å². The van der Waals surface area contributed by atoms with Gasteiger partial charge in [0.25, 0.3) is 0 Å². The fourth-order valence-electron chi connectivity index (χ4n) is 3.49. The Morgan fingerprint density at radius 3 is 2.52 bits per heavy atom. The van der Waals surface area contributed by atoms with Crippen LogP contribution >= 0.6 is 0 Å². The van der Waals surface area contributed by atoms with Crippen molar-refractivity contribution in [3.05, 3.63) is 29.8 Å². The van der Waals surface area contributed by atoms with Crippen molar-refractivity contribution in [3.8, 4) is 0 Å². The monoisotopic (exact) mass is 287 g/mol. The molecule has 0 aliphatic carbocycles. The number of carbonyl (C=O) groups excluding carboxylic acids is 1. The zero-order chi connectivity index (χ0) is 14.9. The molecule has 1 N–H and O–H groups in total. The second kappa shape index (κ2) is 5.68. The standard InChI is InChI=1S/C17H25N3O/c1-14-6-3-4-7-15(14)19-10-12-20(13-11-19)16(21)17(2)8-5-9-18-17/h3-4,6-7,18H,5,8-13H2,1-2H3. The molecule has 2 aliphatic rings. The summed E-state index contributed by atoms with van der Waals surface area (Å²) in [5.41, 5.74) is 2.28. The molecule has 1 amide bonds. The van der Waals surface area contributed by atoms with E-state index in [1.807, 2.05) is 4.90 Å². The van der Waals surface area contributed by atoms with Gasteiger partial charge in [0.1, 0.15) is 0 Å². The lowest BCUT2D eigenvalue weighted by Crippen LogP contribution is -2.58. The second-order valence-electron chi connectivity index (χ2n) is 6.43. The predicted molar refractivity (Wildman–Crippen MR) is 85.6 cm³/mol. The number of carbonyl (C=O) groups is 1. The fraction of sp³-hybridized carbons (Fsp3) is 0.588. The van der Waals surface area contributed by atoms with Crippen LogP contribution in [0.3, 0.4) is 0 Å². The first-order chi connectivity index (χ1) is 10.1. The van der Waals surface area contributed by atoms with Gasteiger partial charge in [0.15, 0.2) is 0 Å². The van der Waals surface area contributed by atoms with E-state index in [2.05, 4.69) is 48.3 Å². The van der Waals surface area contributed by atoms with Crippen molar-refractivity contribution in [2.45, 2.75) is 32.2 Å². The molecule has 4 nitrogen and oxygen atoms in total. The van der Waals surface area contributed by atoms with Crippen LogP contribution in [0.1, 0.15) is 25.3 Å². The number of hydrogen-bond donors (Lipinski definition) is 1. The molecule has 1 aromatic rings. The highest BCUT2D eigenvalue weighted by molar-refractivity contribution is 5.86. The van der Waals surface area contributed by atoms with Crippen molar-refractivity contribution in [2.75, 3.05) is 37.6 Å². The molecule has 0 bridgehead atoms. The van der Waals surface area contributed by atoms with Gasteiger partial charge < -0.3 is 15.1 Å². The summed E-state index contributed by atoms with van der Waals surface area (Å²) in [6.45, 7) is 8.66. The van der Waals surface area contributed by atoms with E-state index in [9.17, 15) is 4.79 Å². The Morgan fingerprint density at radius 2 is 1.90 bits per heavy atom. The molecule has 0 aromatic heterocycles. The van der Waals surface area contributed by atoms with Crippen LogP contribution in [0.2, 0.25) is 0 Å². The number of rotatable bonds is 2. The molecule has 0 saturated carbocycles. The van der Waals surface area contributed by atoms with Crippen molar-refractivity contribution in [2.24, 2.45) is 0 Å². The molecular formula is C17H25N3O. The number of aryl methyl sites for hydroxylation is 1. The topological polar surface area (TPSA) is 35.6 Å². The SMILES string of the molecule is Cc1ccccc1N1CCN(C(=O)C2(C)CCCN2)CC1. The number of para-hydroxylation sites is 1. The molecular weight excluding hydrogens is 262 g/mol. The van der Waals surface area contributed by atoms with Gasteiger partial charge in [0.05, 0.1) is 5.54 Å². The lowest BCUT2D eigenvalue weighted by atomic mass is 9.98. The fourth-order valence-corrected chi connectivity index (χ4v) is 3.49. The number of anilines is 1. The quantitative estimate of drug-likeness (QED) is 0.901. The van der Waals surface area contributed by atoms with Gasteiger partial charge in [-0.15, -0.1) is 0 Å². The Labute approximate surface area is 127 Å². The van der Waals surface area contributed by atoms with E-state index in [0.29, 0.717) is 0 Å². The smallest absolute Gasteiger partial charge is 0.242 e. The maximum absolute atomic E-state index is 12.7. The van der Waals surface area contributed by atoms with Crippen LogP contribution in [0.25, 0.3) is 0 Å². The summed E-state index contributed by atoms with van der Waals surface area (Å²) in [6.07, 6.45) is 2.06. The number of benzene rings is 1. The summed E-state index contributed by atoms with van der Waals surface area (Å²) in [5.74, 6) is 0.282.